The van der Waals surface area contributed by atoms with Gasteiger partial charge in [0, 0.05) is 16.5 Å². The maximum Gasteiger partial charge on any atom is 0.254 e. The molecule has 0 aliphatic heterocycles. The number of nitrogens with zero attached hydrogens (tertiary/aromatic N) is 2. The van der Waals surface area contributed by atoms with Crippen LogP contribution in [-0.4, -0.2) is 36.9 Å². The quantitative estimate of drug-likeness (QED) is 0.510. The van der Waals surface area contributed by atoms with E-state index in [1.54, 1.807) is 26.4 Å². The fraction of sp³-hybridized carbons (Fsp3) is 0.190. The summed E-state index contributed by atoms with van der Waals surface area (Å²) >= 11 is 13.2. The van der Waals surface area contributed by atoms with Gasteiger partial charge in [0.05, 0.1) is 19.8 Å². The molecular formula is C21H19Cl2N3O3S. The molecule has 0 unspecified atom stereocenters. The molecule has 1 aromatic heterocycles. The lowest BCUT2D eigenvalue weighted by Gasteiger charge is -2.12. The number of methoxy groups -OCH3 is 2. The summed E-state index contributed by atoms with van der Waals surface area (Å²) < 4.78 is 10.6. The van der Waals surface area contributed by atoms with Gasteiger partial charge >= 0.3 is 0 Å². The Morgan fingerprint density at radius 2 is 1.80 bits per heavy atom. The van der Waals surface area contributed by atoms with Gasteiger partial charge in [0.2, 0.25) is 0 Å². The van der Waals surface area contributed by atoms with Gasteiger partial charge in [-0.05, 0) is 60.5 Å². The number of rotatable bonds is 8. The Bertz CT molecular complexity index is 1030. The minimum Gasteiger partial charge on any atom is -0.497 e. The van der Waals surface area contributed by atoms with E-state index in [1.807, 2.05) is 30.3 Å². The molecule has 0 saturated heterocycles. The molecule has 0 saturated carbocycles. The molecule has 0 atom stereocenters. The molecule has 3 rings (SSSR count). The number of benzene rings is 2. The van der Waals surface area contributed by atoms with Gasteiger partial charge in [0.15, 0.2) is 5.15 Å². The van der Waals surface area contributed by atoms with E-state index in [9.17, 15) is 4.79 Å². The summed E-state index contributed by atoms with van der Waals surface area (Å²) in [6.07, 6.45) is 0.567. The second-order valence-electron chi connectivity index (χ2n) is 6.13. The van der Waals surface area contributed by atoms with Crippen LogP contribution >= 0.6 is 35.0 Å². The highest BCUT2D eigenvalue weighted by molar-refractivity contribution is 7.99. The minimum atomic E-state index is -0.287. The highest BCUT2D eigenvalue weighted by Crippen LogP contribution is 2.30. The summed E-state index contributed by atoms with van der Waals surface area (Å²) in [7, 11) is 3.21. The molecule has 6 nitrogen and oxygen atoms in total. The third kappa shape index (κ3) is 5.78. The van der Waals surface area contributed by atoms with E-state index in [0.29, 0.717) is 28.6 Å². The molecule has 1 N–H and O–H groups in total. The summed E-state index contributed by atoms with van der Waals surface area (Å²) in [6, 6.07) is 14.3. The van der Waals surface area contributed by atoms with Crippen molar-refractivity contribution in [1.29, 1.82) is 0 Å². The number of hydrogen-bond donors (Lipinski definition) is 1. The Balaban J connectivity index is 1.71. The van der Waals surface area contributed by atoms with E-state index < -0.39 is 0 Å². The lowest BCUT2D eigenvalue weighted by molar-refractivity contribution is 0.0950. The van der Waals surface area contributed by atoms with Crippen LogP contribution in [0.4, 0.5) is 0 Å². The molecule has 0 spiro atoms. The molecule has 156 valence electrons. The average molecular weight is 464 g/mol. The van der Waals surface area contributed by atoms with E-state index in [1.165, 1.54) is 17.8 Å². The van der Waals surface area contributed by atoms with Crippen molar-refractivity contribution in [1.82, 2.24) is 15.5 Å². The number of ether oxygens (including phenoxy) is 2. The van der Waals surface area contributed by atoms with Crippen LogP contribution in [0.5, 0.6) is 11.5 Å². The van der Waals surface area contributed by atoms with Crippen molar-refractivity contribution >= 4 is 40.9 Å². The monoisotopic (exact) mass is 463 g/mol. The fourth-order valence-corrected chi connectivity index (χ4v) is 3.80. The summed E-state index contributed by atoms with van der Waals surface area (Å²) in [5.41, 5.74) is 1.28. The van der Waals surface area contributed by atoms with E-state index >= 15 is 0 Å². The number of nitrogens with one attached hydrogen (secondary N) is 1. The lowest BCUT2D eigenvalue weighted by Crippen LogP contribution is -2.26. The zero-order valence-electron chi connectivity index (χ0n) is 16.3. The predicted octanol–water partition coefficient (Wildman–Crippen LogP) is 4.92. The van der Waals surface area contributed by atoms with Gasteiger partial charge < -0.3 is 14.8 Å². The third-order valence-electron chi connectivity index (χ3n) is 4.17. The van der Waals surface area contributed by atoms with Crippen LogP contribution in [0.2, 0.25) is 10.2 Å². The van der Waals surface area contributed by atoms with Crippen molar-refractivity contribution in [2.45, 2.75) is 16.3 Å². The molecular weight excluding hydrogens is 445 g/mol. The Labute approximate surface area is 188 Å². The number of aromatic nitrogens is 2. The first-order chi connectivity index (χ1) is 14.5. The molecule has 2 aromatic carbocycles. The van der Waals surface area contributed by atoms with Gasteiger partial charge in [-0.2, -0.15) is 0 Å². The van der Waals surface area contributed by atoms with Gasteiger partial charge in [-0.15, -0.1) is 10.2 Å². The summed E-state index contributed by atoms with van der Waals surface area (Å²) in [6.45, 7) is 0.396. The number of hydrogen-bond acceptors (Lipinski definition) is 6. The van der Waals surface area contributed by atoms with Crippen molar-refractivity contribution in [3.8, 4) is 11.5 Å². The molecule has 0 fully saturated rings. The molecule has 1 amide bonds. The normalized spacial score (nSPS) is 10.5. The zero-order valence-corrected chi connectivity index (χ0v) is 18.6. The number of amides is 1. The molecule has 30 heavy (non-hydrogen) atoms. The van der Waals surface area contributed by atoms with E-state index in [2.05, 4.69) is 15.5 Å². The van der Waals surface area contributed by atoms with Gasteiger partial charge in [0.1, 0.15) is 16.5 Å². The van der Waals surface area contributed by atoms with E-state index in [-0.39, 0.29) is 11.1 Å². The molecule has 3 aromatic rings. The summed E-state index contributed by atoms with van der Waals surface area (Å²) in [5, 5.41) is 12.1. The van der Waals surface area contributed by atoms with E-state index in [4.69, 9.17) is 32.7 Å². The van der Waals surface area contributed by atoms with Crippen molar-refractivity contribution < 1.29 is 14.3 Å². The van der Waals surface area contributed by atoms with Gasteiger partial charge in [0.25, 0.3) is 5.91 Å². The molecule has 0 aliphatic carbocycles. The van der Waals surface area contributed by atoms with Crippen LogP contribution in [0.1, 0.15) is 15.9 Å². The van der Waals surface area contributed by atoms with Crippen LogP contribution < -0.4 is 14.8 Å². The van der Waals surface area contributed by atoms with Gasteiger partial charge in [-0.1, -0.05) is 35.0 Å². The van der Waals surface area contributed by atoms with E-state index in [0.717, 1.165) is 22.0 Å². The van der Waals surface area contributed by atoms with Crippen molar-refractivity contribution in [3.63, 3.8) is 0 Å². The molecule has 0 bridgehead atoms. The van der Waals surface area contributed by atoms with Gasteiger partial charge in [-0.25, -0.2) is 0 Å². The molecule has 0 radical (unpaired) electrons. The SMILES string of the molecule is COc1ccc(OC)c(CCNC(=O)c2cc(Cl)nnc2Sc2ccc(Cl)cc2)c1. The van der Waals surface area contributed by atoms with Crippen LogP contribution in [0.3, 0.4) is 0 Å². The second kappa shape index (κ2) is 10.5. The van der Waals surface area contributed by atoms with Crippen molar-refractivity contribution in [3.05, 3.63) is 69.8 Å². The largest absolute Gasteiger partial charge is 0.497 e. The van der Waals surface area contributed by atoms with Crippen LogP contribution in [0.15, 0.2) is 58.5 Å². The number of carbonyl (C=O) groups is 1. The first-order valence-electron chi connectivity index (χ1n) is 8.96. The predicted molar refractivity (Wildman–Crippen MR) is 118 cm³/mol. The molecule has 0 aliphatic rings. The highest BCUT2D eigenvalue weighted by Gasteiger charge is 2.16. The Morgan fingerprint density at radius 3 is 2.50 bits per heavy atom. The molecule has 9 heteroatoms. The Hall–Kier alpha value is -2.48. The first kappa shape index (κ1) is 22.2. The number of halogens is 2. The average Bonchev–Trinajstić information content (AvgIpc) is 2.76. The van der Waals surface area contributed by atoms with Crippen molar-refractivity contribution in [2.24, 2.45) is 0 Å². The highest BCUT2D eigenvalue weighted by atomic mass is 35.5. The van der Waals surface area contributed by atoms with Gasteiger partial charge in [-0.3, -0.25) is 4.79 Å². The topological polar surface area (TPSA) is 73.3 Å². The smallest absolute Gasteiger partial charge is 0.254 e. The van der Waals surface area contributed by atoms with Crippen LogP contribution in [0.25, 0.3) is 0 Å². The summed E-state index contributed by atoms with van der Waals surface area (Å²) in [5.74, 6) is 1.17. The lowest BCUT2D eigenvalue weighted by atomic mass is 10.1. The zero-order chi connectivity index (χ0) is 21.5. The summed E-state index contributed by atoms with van der Waals surface area (Å²) in [4.78, 5) is 13.7. The van der Waals surface area contributed by atoms with Crippen molar-refractivity contribution in [2.75, 3.05) is 20.8 Å². The fourth-order valence-electron chi connectivity index (χ4n) is 2.69. The number of carbonyl (C=O) groups excluding carboxylic acids is 1. The Kier molecular flexibility index (Phi) is 7.79. The third-order valence-corrected chi connectivity index (χ3v) is 5.61. The van der Waals surface area contributed by atoms with Crippen LogP contribution in [0, 0.1) is 0 Å². The maximum absolute atomic E-state index is 12.8. The minimum absolute atomic E-state index is 0.148. The second-order valence-corrected chi connectivity index (χ2v) is 8.01. The molecule has 1 heterocycles. The van der Waals surface area contributed by atoms with Crippen LogP contribution in [-0.2, 0) is 6.42 Å². The Morgan fingerprint density at radius 1 is 1.03 bits per heavy atom. The first-order valence-corrected chi connectivity index (χ1v) is 10.5. The maximum atomic E-state index is 12.8. The standard InChI is InChI=1S/C21H19Cl2N3O3S/c1-28-15-5-8-18(29-2)13(11-15)9-10-24-20(27)17-12-19(23)25-26-21(17)30-16-6-3-14(22)4-7-16/h3-8,11-12H,9-10H2,1-2H3,(H,24,27).